The predicted octanol–water partition coefficient (Wildman–Crippen LogP) is 1.94. The lowest BCUT2D eigenvalue weighted by atomic mass is 10.1. The van der Waals surface area contributed by atoms with Gasteiger partial charge in [-0.25, -0.2) is 18.6 Å². The summed E-state index contributed by atoms with van der Waals surface area (Å²) in [6, 6.07) is 0.881. The van der Waals surface area contributed by atoms with Gasteiger partial charge in [-0.3, -0.25) is 0 Å². The molecule has 0 aliphatic carbocycles. The lowest BCUT2D eigenvalue weighted by Gasteiger charge is -2.08. The summed E-state index contributed by atoms with van der Waals surface area (Å²) >= 11 is 2.88. The number of pyridine rings is 1. The number of nitrogens with zero attached hydrogens (tertiary/aromatic N) is 1. The first-order chi connectivity index (χ1) is 6.97. The van der Waals surface area contributed by atoms with E-state index in [0.717, 1.165) is 6.07 Å². The Hall–Kier alpha value is -1.08. The van der Waals surface area contributed by atoms with Crippen LogP contribution in [-0.4, -0.2) is 16.1 Å². The molecule has 0 bridgehead atoms. The van der Waals surface area contributed by atoms with Gasteiger partial charge in [0.2, 0.25) is 0 Å². The number of carbonyl (C=O) groups is 1. The Kier molecular flexibility index (Phi) is 3.70. The van der Waals surface area contributed by atoms with Crippen molar-refractivity contribution in [1.82, 2.24) is 4.98 Å². The van der Waals surface area contributed by atoms with Crippen LogP contribution in [-0.2, 0) is 6.54 Å². The number of hydrogen-bond acceptors (Lipinski definition) is 3. The molecule has 1 rings (SSSR count). The highest BCUT2D eigenvalue weighted by Crippen LogP contribution is 2.26. The standard InChI is InChI=1S/C8H7BrF2N2O2/c9-6-4(8(14)15)1-3(7(10)11)5(2-12)13-6/h1,7H,2,12H2,(H,14,15). The summed E-state index contributed by atoms with van der Waals surface area (Å²) in [5.74, 6) is -1.32. The number of rotatable bonds is 3. The van der Waals surface area contributed by atoms with Crippen LogP contribution in [0.2, 0.25) is 0 Å². The maximum atomic E-state index is 12.5. The highest BCUT2D eigenvalue weighted by atomic mass is 79.9. The van der Waals surface area contributed by atoms with Crippen LogP contribution in [0.15, 0.2) is 10.7 Å². The average Bonchev–Trinajstić information content (AvgIpc) is 2.16. The minimum atomic E-state index is -2.79. The molecule has 0 saturated heterocycles. The van der Waals surface area contributed by atoms with Crippen molar-refractivity contribution in [3.8, 4) is 0 Å². The van der Waals surface area contributed by atoms with E-state index in [0.29, 0.717) is 0 Å². The first-order valence-electron chi connectivity index (χ1n) is 3.88. The molecule has 0 saturated carbocycles. The average molecular weight is 281 g/mol. The number of halogens is 3. The van der Waals surface area contributed by atoms with E-state index in [1.165, 1.54) is 0 Å². The first-order valence-corrected chi connectivity index (χ1v) is 4.67. The Morgan fingerprint density at radius 3 is 2.67 bits per heavy atom. The Morgan fingerprint density at radius 1 is 1.67 bits per heavy atom. The van der Waals surface area contributed by atoms with Gasteiger partial charge in [0.15, 0.2) is 0 Å². The molecule has 0 unspecified atom stereocenters. The summed E-state index contributed by atoms with van der Waals surface area (Å²) in [5.41, 5.74) is 4.46. The molecule has 3 N–H and O–H groups in total. The van der Waals surface area contributed by atoms with Gasteiger partial charge in [0.05, 0.1) is 11.3 Å². The lowest BCUT2D eigenvalue weighted by molar-refractivity contribution is 0.0694. The van der Waals surface area contributed by atoms with Crippen molar-refractivity contribution >= 4 is 21.9 Å². The molecule has 0 aliphatic heterocycles. The van der Waals surface area contributed by atoms with Gasteiger partial charge in [0, 0.05) is 12.1 Å². The van der Waals surface area contributed by atoms with Crippen LogP contribution in [0.1, 0.15) is 28.0 Å². The van der Waals surface area contributed by atoms with Crippen molar-refractivity contribution in [3.63, 3.8) is 0 Å². The van der Waals surface area contributed by atoms with Crippen molar-refractivity contribution in [3.05, 3.63) is 27.5 Å². The third-order valence-electron chi connectivity index (χ3n) is 1.75. The largest absolute Gasteiger partial charge is 0.478 e. The molecule has 15 heavy (non-hydrogen) atoms. The number of aromatic carboxylic acids is 1. The second-order valence-corrected chi connectivity index (χ2v) is 3.42. The zero-order valence-corrected chi connectivity index (χ0v) is 8.96. The van der Waals surface area contributed by atoms with Gasteiger partial charge in [0.1, 0.15) is 4.60 Å². The van der Waals surface area contributed by atoms with Crippen molar-refractivity contribution in [2.45, 2.75) is 13.0 Å². The van der Waals surface area contributed by atoms with Crippen molar-refractivity contribution in [1.29, 1.82) is 0 Å². The molecule has 1 aromatic heterocycles. The Labute approximate surface area is 92.2 Å². The molecule has 1 aromatic rings. The summed E-state index contributed by atoms with van der Waals surface area (Å²) in [4.78, 5) is 14.3. The quantitative estimate of drug-likeness (QED) is 0.830. The van der Waals surface area contributed by atoms with Crippen LogP contribution >= 0.6 is 15.9 Å². The predicted molar refractivity (Wildman–Crippen MR) is 51.7 cm³/mol. The Morgan fingerprint density at radius 2 is 2.27 bits per heavy atom. The van der Waals surface area contributed by atoms with E-state index in [1.54, 1.807) is 0 Å². The van der Waals surface area contributed by atoms with E-state index in [1.807, 2.05) is 0 Å². The molecule has 82 valence electrons. The monoisotopic (exact) mass is 280 g/mol. The highest BCUT2D eigenvalue weighted by Gasteiger charge is 2.19. The van der Waals surface area contributed by atoms with E-state index in [-0.39, 0.29) is 22.4 Å². The minimum Gasteiger partial charge on any atom is -0.478 e. The molecule has 4 nitrogen and oxygen atoms in total. The van der Waals surface area contributed by atoms with Crippen LogP contribution in [0.3, 0.4) is 0 Å². The van der Waals surface area contributed by atoms with Gasteiger partial charge in [-0.05, 0) is 22.0 Å². The number of nitrogens with two attached hydrogens (primary N) is 1. The molecular weight excluding hydrogens is 274 g/mol. The summed E-state index contributed by atoms with van der Waals surface area (Å²) in [5, 5.41) is 8.69. The highest BCUT2D eigenvalue weighted by molar-refractivity contribution is 9.10. The van der Waals surface area contributed by atoms with E-state index < -0.39 is 18.0 Å². The van der Waals surface area contributed by atoms with Gasteiger partial charge in [0.25, 0.3) is 6.43 Å². The number of carboxylic acid groups (broad SMARTS) is 1. The SMILES string of the molecule is NCc1nc(Br)c(C(=O)O)cc1C(F)F. The number of hydrogen-bond donors (Lipinski definition) is 2. The summed E-state index contributed by atoms with van der Waals surface area (Å²) < 4.78 is 25.0. The Balaban J connectivity index is 3.37. The van der Waals surface area contributed by atoms with Gasteiger partial charge < -0.3 is 10.8 Å². The first kappa shape index (κ1) is 12.0. The zero-order chi connectivity index (χ0) is 11.6. The zero-order valence-electron chi connectivity index (χ0n) is 7.38. The van der Waals surface area contributed by atoms with Crippen molar-refractivity contribution < 1.29 is 18.7 Å². The molecule has 1 heterocycles. The molecule has 0 radical (unpaired) electrons. The van der Waals surface area contributed by atoms with Crippen LogP contribution < -0.4 is 5.73 Å². The maximum absolute atomic E-state index is 12.5. The smallest absolute Gasteiger partial charge is 0.338 e. The van der Waals surface area contributed by atoms with Crippen LogP contribution in [0.4, 0.5) is 8.78 Å². The number of carboxylic acids is 1. The molecule has 0 atom stereocenters. The van der Waals surface area contributed by atoms with Crippen LogP contribution in [0.25, 0.3) is 0 Å². The van der Waals surface area contributed by atoms with E-state index in [4.69, 9.17) is 10.8 Å². The normalized spacial score (nSPS) is 10.7. The van der Waals surface area contributed by atoms with E-state index in [9.17, 15) is 13.6 Å². The topological polar surface area (TPSA) is 76.2 Å². The number of alkyl halides is 2. The van der Waals surface area contributed by atoms with Gasteiger partial charge in [-0.15, -0.1) is 0 Å². The minimum absolute atomic E-state index is 0.000139. The molecule has 0 spiro atoms. The van der Waals surface area contributed by atoms with E-state index in [2.05, 4.69) is 20.9 Å². The fraction of sp³-hybridized carbons (Fsp3) is 0.250. The lowest BCUT2D eigenvalue weighted by Crippen LogP contribution is -2.09. The molecular formula is C8H7BrF2N2O2. The van der Waals surface area contributed by atoms with Gasteiger partial charge in [-0.2, -0.15) is 0 Å². The Bertz CT molecular complexity index is 398. The van der Waals surface area contributed by atoms with Crippen molar-refractivity contribution in [2.75, 3.05) is 0 Å². The summed E-state index contributed by atoms with van der Waals surface area (Å²) in [6.07, 6.45) is -2.79. The molecule has 0 aliphatic rings. The number of aromatic nitrogens is 1. The molecule has 0 aromatic carbocycles. The molecule has 7 heteroatoms. The van der Waals surface area contributed by atoms with E-state index >= 15 is 0 Å². The fourth-order valence-corrected chi connectivity index (χ4v) is 1.54. The summed E-state index contributed by atoms with van der Waals surface area (Å²) in [6.45, 7) is -0.168. The molecule has 0 amide bonds. The van der Waals surface area contributed by atoms with Crippen LogP contribution in [0.5, 0.6) is 0 Å². The fourth-order valence-electron chi connectivity index (χ4n) is 1.04. The second kappa shape index (κ2) is 4.63. The van der Waals surface area contributed by atoms with Crippen molar-refractivity contribution in [2.24, 2.45) is 5.73 Å². The maximum Gasteiger partial charge on any atom is 0.338 e. The third kappa shape index (κ3) is 2.48. The second-order valence-electron chi connectivity index (χ2n) is 2.67. The van der Waals surface area contributed by atoms with Gasteiger partial charge >= 0.3 is 5.97 Å². The third-order valence-corrected chi connectivity index (χ3v) is 2.35. The summed E-state index contributed by atoms with van der Waals surface area (Å²) in [7, 11) is 0. The molecule has 0 fully saturated rings. The van der Waals surface area contributed by atoms with Gasteiger partial charge in [-0.1, -0.05) is 0 Å². The van der Waals surface area contributed by atoms with Crippen LogP contribution in [0, 0.1) is 0 Å².